The number of aliphatic carboxylic acids is 1. The van der Waals surface area contributed by atoms with Crippen molar-refractivity contribution in [2.24, 2.45) is 17.4 Å². The Kier molecular flexibility index (Phi) is 20.7. The topological polar surface area (TPSA) is 342 Å². The first-order valence-corrected chi connectivity index (χ1v) is 18.8. The van der Waals surface area contributed by atoms with Gasteiger partial charge in [0.1, 0.15) is 29.9 Å². The molecule has 20 nitrogen and oxygen atoms in total. The second kappa shape index (κ2) is 23.7. The van der Waals surface area contributed by atoms with E-state index in [2.05, 4.69) is 31.9 Å². The van der Waals surface area contributed by atoms with Gasteiger partial charge in [0.2, 0.25) is 41.4 Å². The summed E-state index contributed by atoms with van der Waals surface area (Å²) in [5, 5.41) is 53.4. The van der Waals surface area contributed by atoms with Gasteiger partial charge in [-0.15, -0.1) is 0 Å². The summed E-state index contributed by atoms with van der Waals surface area (Å²) in [7, 11) is 0. The predicted molar refractivity (Wildman–Crippen MR) is 200 cm³/mol. The van der Waals surface area contributed by atoms with Gasteiger partial charge in [0.15, 0.2) is 6.04 Å². The molecule has 8 atom stereocenters. The lowest BCUT2D eigenvalue weighted by atomic mass is 10.0. The molecule has 0 bridgehead atoms. The Balaban J connectivity index is 3.08. The van der Waals surface area contributed by atoms with Crippen LogP contribution in [0.4, 0.5) is 0 Å². The van der Waals surface area contributed by atoms with Crippen LogP contribution in [0.25, 0.3) is 0 Å². The van der Waals surface area contributed by atoms with Crippen LogP contribution in [0.5, 0.6) is 5.75 Å². The molecule has 1 rings (SSSR count). The molecule has 0 saturated heterocycles. The molecule has 14 N–H and O–H groups in total. The number of benzene rings is 1. The van der Waals surface area contributed by atoms with Crippen molar-refractivity contribution < 1.29 is 58.8 Å². The maximum atomic E-state index is 13.5. The SMILES string of the molecule is CSCC[C@H](NC(=O)[C@@H](NC(=O)[C@@H](NC(=O)[C@@H](N)CCC(N)=O)[C@@H](C)O)C(C)C)C(=O)NCC(=O)N[C@@H](Cc1ccc(O)cc1)C(=O)N[C@H](C(=O)O)[C@@H](C)O. The molecule has 0 saturated carbocycles. The first-order valence-electron chi connectivity index (χ1n) is 17.4. The molecular formula is C34H54N8O12S. The maximum Gasteiger partial charge on any atom is 0.328 e. The summed E-state index contributed by atoms with van der Waals surface area (Å²) >= 11 is 1.36. The Morgan fingerprint density at radius 1 is 0.709 bits per heavy atom. The maximum absolute atomic E-state index is 13.5. The third-order valence-corrected chi connectivity index (χ3v) is 8.73. The van der Waals surface area contributed by atoms with Gasteiger partial charge in [-0.3, -0.25) is 33.6 Å². The number of aliphatic hydroxyl groups excluding tert-OH is 2. The average Bonchev–Trinajstić information content (AvgIpc) is 3.10. The Morgan fingerprint density at radius 2 is 1.25 bits per heavy atom. The molecule has 55 heavy (non-hydrogen) atoms. The number of rotatable bonds is 24. The van der Waals surface area contributed by atoms with Crippen molar-refractivity contribution >= 4 is 59.1 Å². The van der Waals surface area contributed by atoms with Gasteiger partial charge >= 0.3 is 5.97 Å². The van der Waals surface area contributed by atoms with E-state index in [1.807, 2.05) is 0 Å². The number of carbonyl (C=O) groups excluding carboxylic acids is 7. The zero-order valence-electron chi connectivity index (χ0n) is 31.4. The highest BCUT2D eigenvalue weighted by Gasteiger charge is 2.34. The number of phenols is 1. The van der Waals surface area contributed by atoms with Gasteiger partial charge < -0.3 is 63.8 Å². The Bertz CT molecular complexity index is 1490. The van der Waals surface area contributed by atoms with E-state index in [1.165, 1.54) is 43.0 Å². The molecule has 0 radical (unpaired) electrons. The fourth-order valence-electron chi connectivity index (χ4n) is 4.89. The van der Waals surface area contributed by atoms with Crippen molar-refractivity contribution in [1.29, 1.82) is 0 Å². The standard InChI is InChI=1S/C34H54N8O12S/c1-16(2)26(40-33(52)27(17(3)43)41-29(48)21(35)10-11-24(36)46)32(51)39-22(12-13-55-5)30(49)37-15-25(47)38-23(14-19-6-8-20(45)9-7-19)31(50)42-28(18(4)44)34(53)54/h6-9,16-18,21-23,26-28,43-45H,10-15,35H2,1-5H3,(H2,36,46)(H,37,49)(H,38,47)(H,39,51)(H,40,52)(H,41,48)(H,42,50)(H,53,54)/t17-,18-,21+,22+,23+,26+,27+,28+/m1/s1. The molecule has 308 valence electrons. The number of aliphatic hydroxyl groups is 2. The summed E-state index contributed by atoms with van der Waals surface area (Å²) in [5.74, 6) is -7.61. The van der Waals surface area contributed by atoms with E-state index in [0.29, 0.717) is 11.3 Å². The molecule has 1 aromatic carbocycles. The predicted octanol–water partition coefficient (Wildman–Crippen LogP) is -3.68. The molecule has 0 aromatic heterocycles. The number of carboxylic acids is 1. The highest BCUT2D eigenvalue weighted by atomic mass is 32.2. The van der Waals surface area contributed by atoms with Crippen molar-refractivity contribution in [3.05, 3.63) is 29.8 Å². The summed E-state index contributed by atoms with van der Waals surface area (Å²) in [6.45, 7) is 4.92. The first kappa shape index (κ1) is 48.0. The van der Waals surface area contributed by atoms with E-state index < -0.39 is 108 Å². The van der Waals surface area contributed by atoms with Gasteiger partial charge in [-0.25, -0.2) is 4.79 Å². The number of primary amides is 1. The first-order chi connectivity index (χ1) is 25.7. The van der Waals surface area contributed by atoms with Gasteiger partial charge in [0.05, 0.1) is 24.8 Å². The normalized spacial score (nSPS) is 15.4. The zero-order chi connectivity index (χ0) is 42.0. The minimum Gasteiger partial charge on any atom is -0.508 e. The van der Waals surface area contributed by atoms with E-state index in [9.17, 15) is 58.8 Å². The van der Waals surface area contributed by atoms with Crippen LogP contribution in [-0.4, -0.2) is 135 Å². The van der Waals surface area contributed by atoms with Crippen molar-refractivity contribution in [2.45, 2.75) is 102 Å². The third kappa shape index (κ3) is 17.4. The molecule has 0 unspecified atom stereocenters. The fraction of sp³-hybridized carbons (Fsp3) is 0.588. The van der Waals surface area contributed by atoms with Crippen molar-refractivity contribution in [1.82, 2.24) is 31.9 Å². The average molecular weight is 799 g/mol. The number of amides is 7. The highest BCUT2D eigenvalue weighted by Crippen LogP contribution is 2.12. The molecule has 1 aromatic rings. The number of hydrogen-bond acceptors (Lipinski definition) is 13. The molecule has 0 fully saturated rings. The summed E-state index contributed by atoms with van der Waals surface area (Å²) in [6, 6.07) is -2.67. The van der Waals surface area contributed by atoms with Gasteiger partial charge in [0.25, 0.3) is 0 Å². The summed E-state index contributed by atoms with van der Waals surface area (Å²) < 4.78 is 0. The largest absolute Gasteiger partial charge is 0.508 e. The molecule has 0 heterocycles. The quantitative estimate of drug-likeness (QED) is 0.0480. The second-order valence-corrected chi connectivity index (χ2v) is 14.2. The number of carbonyl (C=O) groups is 8. The summed E-state index contributed by atoms with van der Waals surface area (Å²) in [4.78, 5) is 101. The smallest absolute Gasteiger partial charge is 0.328 e. The van der Waals surface area contributed by atoms with Crippen LogP contribution in [0.3, 0.4) is 0 Å². The zero-order valence-corrected chi connectivity index (χ0v) is 32.2. The lowest BCUT2D eigenvalue weighted by Crippen LogP contribution is -2.61. The second-order valence-electron chi connectivity index (χ2n) is 13.2. The number of hydrogen-bond donors (Lipinski definition) is 12. The summed E-state index contributed by atoms with van der Waals surface area (Å²) in [6.07, 6.45) is -1.52. The minimum atomic E-state index is -1.69. The van der Waals surface area contributed by atoms with E-state index in [-0.39, 0.29) is 31.4 Å². The van der Waals surface area contributed by atoms with Crippen LogP contribution in [-0.2, 0) is 44.8 Å². The molecule has 0 aliphatic carbocycles. The van der Waals surface area contributed by atoms with Gasteiger partial charge in [-0.05, 0) is 62.3 Å². The molecule has 0 aliphatic heterocycles. The Hall–Kier alpha value is -4.99. The van der Waals surface area contributed by atoms with Crippen LogP contribution in [0.1, 0.15) is 52.5 Å². The number of aromatic hydroxyl groups is 1. The molecule has 21 heteroatoms. The molecule has 0 aliphatic rings. The minimum absolute atomic E-state index is 0.0606. The highest BCUT2D eigenvalue weighted by molar-refractivity contribution is 7.98. The lowest BCUT2D eigenvalue weighted by Gasteiger charge is -2.28. The number of phenolic OH excluding ortho intramolecular Hbond substituents is 1. The molecular weight excluding hydrogens is 744 g/mol. The molecule has 7 amide bonds. The van der Waals surface area contributed by atoms with E-state index in [4.69, 9.17) is 11.5 Å². The van der Waals surface area contributed by atoms with Crippen molar-refractivity contribution in [3.8, 4) is 5.75 Å². The number of nitrogens with one attached hydrogen (secondary N) is 6. The lowest BCUT2D eigenvalue weighted by molar-refractivity contribution is -0.145. The van der Waals surface area contributed by atoms with Crippen LogP contribution < -0.4 is 43.4 Å². The van der Waals surface area contributed by atoms with Crippen LogP contribution in [0, 0.1) is 5.92 Å². The molecule has 0 spiro atoms. The Labute approximate surface area is 322 Å². The van der Waals surface area contributed by atoms with E-state index in [0.717, 1.165) is 6.92 Å². The van der Waals surface area contributed by atoms with Crippen LogP contribution in [0.15, 0.2) is 24.3 Å². The number of thioether (sulfide) groups is 1. The van der Waals surface area contributed by atoms with Crippen molar-refractivity contribution in [2.75, 3.05) is 18.6 Å². The van der Waals surface area contributed by atoms with E-state index in [1.54, 1.807) is 20.1 Å². The summed E-state index contributed by atoms with van der Waals surface area (Å²) in [5.41, 5.74) is 11.3. The van der Waals surface area contributed by atoms with Gasteiger partial charge in [-0.1, -0.05) is 26.0 Å². The fourth-order valence-corrected chi connectivity index (χ4v) is 5.37. The van der Waals surface area contributed by atoms with Crippen molar-refractivity contribution in [3.63, 3.8) is 0 Å². The Morgan fingerprint density at radius 3 is 1.76 bits per heavy atom. The third-order valence-electron chi connectivity index (χ3n) is 8.09. The monoisotopic (exact) mass is 798 g/mol. The number of carboxylic acid groups (broad SMARTS) is 1. The van der Waals surface area contributed by atoms with Gasteiger partial charge in [-0.2, -0.15) is 11.8 Å². The van der Waals surface area contributed by atoms with Gasteiger partial charge in [0, 0.05) is 12.8 Å². The van der Waals surface area contributed by atoms with Crippen LogP contribution in [0.2, 0.25) is 0 Å². The number of nitrogens with two attached hydrogens (primary N) is 2. The van der Waals surface area contributed by atoms with Crippen LogP contribution >= 0.6 is 11.8 Å². The van der Waals surface area contributed by atoms with E-state index >= 15 is 0 Å².